The minimum atomic E-state index is -0.344. The summed E-state index contributed by atoms with van der Waals surface area (Å²) in [6.07, 6.45) is 0.867. The molecule has 0 aromatic carbocycles. The normalized spacial score (nSPS) is 14.4. The van der Waals surface area contributed by atoms with Crippen LogP contribution in [-0.2, 0) is 6.42 Å². The number of aryl methyl sites for hydroxylation is 1. The maximum absolute atomic E-state index is 9.17. The Kier molecular flexibility index (Phi) is 3.34. The molecule has 0 radical (unpaired) electrons. The molecule has 3 N–H and O–H groups in total. The molecule has 0 aliphatic rings. The van der Waals surface area contributed by atoms with Crippen molar-refractivity contribution in [2.24, 2.45) is 11.1 Å². The van der Waals surface area contributed by atoms with Crippen LogP contribution in [0.25, 0.3) is 0 Å². The SMILES string of the molecule is CCc1ccc([C@@H](N)C(C)(C)CO)o1. The Morgan fingerprint density at radius 1 is 1.50 bits per heavy atom. The van der Waals surface area contributed by atoms with Gasteiger partial charge in [-0.1, -0.05) is 20.8 Å². The van der Waals surface area contributed by atoms with Gasteiger partial charge in [0.1, 0.15) is 11.5 Å². The maximum atomic E-state index is 9.17. The average molecular weight is 197 g/mol. The van der Waals surface area contributed by atoms with Crippen LogP contribution in [0.5, 0.6) is 0 Å². The van der Waals surface area contributed by atoms with Crippen molar-refractivity contribution in [1.29, 1.82) is 0 Å². The number of aliphatic hydroxyl groups is 1. The van der Waals surface area contributed by atoms with Crippen LogP contribution in [0.4, 0.5) is 0 Å². The third-order valence-corrected chi connectivity index (χ3v) is 2.59. The summed E-state index contributed by atoms with van der Waals surface area (Å²) in [6.45, 7) is 5.93. The van der Waals surface area contributed by atoms with E-state index in [1.54, 1.807) is 0 Å². The Balaban J connectivity index is 2.83. The predicted molar refractivity (Wildman–Crippen MR) is 55.9 cm³/mol. The molecule has 0 amide bonds. The maximum Gasteiger partial charge on any atom is 0.121 e. The van der Waals surface area contributed by atoms with Crippen LogP contribution in [0, 0.1) is 5.41 Å². The van der Waals surface area contributed by atoms with Crippen molar-refractivity contribution in [1.82, 2.24) is 0 Å². The van der Waals surface area contributed by atoms with Gasteiger partial charge in [-0.25, -0.2) is 0 Å². The zero-order chi connectivity index (χ0) is 10.8. The standard InChI is InChI=1S/C11H19NO2/c1-4-8-5-6-9(14-8)10(12)11(2,3)7-13/h5-6,10,13H,4,7,12H2,1-3H3/t10-/m1/s1. The third-order valence-electron chi connectivity index (χ3n) is 2.59. The van der Waals surface area contributed by atoms with Crippen LogP contribution in [0.1, 0.15) is 38.3 Å². The van der Waals surface area contributed by atoms with E-state index in [1.807, 2.05) is 32.9 Å². The second kappa shape index (κ2) is 4.15. The fourth-order valence-electron chi connectivity index (χ4n) is 1.24. The zero-order valence-corrected chi connectivity index (χ0v) is 9.08. The molecule has 1 aromatic rings. The molecule has 1 atom stereocenters. The lowest BCUT2D eigenvalue weighted by molar-refractivity contribution is 0.122. The van der Waals surface area contributed by atoms with Gasteiger partial charge in [-0.3, -0.25) is 0 Å². The van der Waals surface area contributed by atoms with E-state index in [9.17, 15) is 0 Å². The first kappa shape index (κ1) is 11.3. The minimum Gasteiger partial charge on any atom is -0.464 e. The van der Waals surface area contributed by atoms with Crippen LogP contribution in [0.15, 0.2) is 16.5 Å². The molecule has 1 rings (SSSR count). The zero-order valence-electron chi connectivity index (χ0n) is 9.08. The van der Waals surface area contributed by atoms with Crippen LogP contribution in [0.2, 0.25) is 0 Å². The first-order chi connectivity index (χ1) is 6.51. The summed E-state index contributed by atoms with van der Waals surface area (Å²) < 4.78 is 5.55. The molecule has 0 unspecified atom stereocenters. The van der Waals surface area contributed by atoms with Crippen LogP contribution < -0.4 is 5.73 Å². The Morgan fingerprint density at radius 3 is 2.57 bits per heavy atom. The number of rotatable bonds is 4. The second-order valence-electron chi connectivity index (χ2n) is 4.28. The van der Waals surface area contributed by atoms with Crippen molar-refractivity contribution in [2.45, 2.75) is 33.2 Å². The molecule has 3 heteroatoms. The van der Waals surface area contributed by atoms with Gasteiger partial charge in [-0.05, 0) is 12.1 Å². The minimum absolute atomic E-state index is 0.0519. The first-order valence-electron chi connectivity index (χ1n) is 4.96. The number of hydrogen-bond acceptors (Lipinski definition) is 3. The van der Waals surface area contributed by atoms with Gasteiger partial charge in [-0.15, -0.1) is 0 Å². The summed E-state index contributed by atoms with van der Waals surface area (Å²) in [5, 5.41) is 9.17. The highest BCUT2D eigenvalue weighted by atomic mass is 16.3. The highest BCUT2D eigenvalue weighted by Crippen LogP contribution is 2.31. The third kappa shape index (κ3) is 2.16. The monoisotopic (exact) mass is 197 g/mol. The van der Waals surface area contributed by atoms with E-state index in [1.165, 1.54) is 0 Å². The highest BCUT2D eigenvalue weighted by molar-refractivity contribution is 5.12. The van der Waals surface area contributed by atoms with Crippen LogP contribution in [-0.4, -0.2) is 11.7 Å². The molecule has 14 heavy (non-hydrogen) atoms. The summed E-state index contributed by atoms with van der Waals surface area (Å²) in [7, 11) is 0. The molecule has 1 heterocycles. The number of aliphatic hydroxyl groups excluding tert-OH is 1. The first-order valence-corrected chi connectivity index (χ1v) is 4.96. The fourth-order valence-corrected chi connectivity index (χ4v) is 1.24. The lowest BCUT2D eigenvalue weighted by atomic mass is 9.84. The summed E-state index contributed by atoms with van der Waals surface area (Å²) in [5.74, 6) is 1.69. The second-order valence-corrected chi connectivity index (χ2v) is 4.28. The van der Waals surface area contributed by atoms with Crippen molar-refractivity contribution in [2.75, 3.05) is 6.61 Å². The number of furan rings is 1. The largest absolute Gasteiger partial charge is 0.464 e. The van der Waals surface area contributed by atoms with Gasteiger partial charge in [-0.2, -0.15) is 0 Å². The van der Waals surface area contributed by atoms with E-state index in [0.717, 1.165) is 17.9 Å². The molecule has 0 bridgehead atoms. The predicted octanol–water partition coefficient (Wildman–Crippen LogP) is 1.86. The summed E-state index contributed by atoms with van der Waals surface area (Å²) in [4.78, 5) is 0. The van der Waals surface area contributed by atoms with E-state index >= 15 is 0 Å². The van der Waals surface area contributed by atoms with Crippen molar-refractivity contribution < 1.29 is 9.52 Å². The van der Waals surface area contributed by atoms with Gasteiger partial charge >= 0.3 is 0 Å². The van der Waals surface area contributed by atoms with Gasteiger partial charge < -0.3 is 15.3 Å². The summed E-state index contributed by atoms with van der Waals surface area (Å²) in [6, 6.07) is 3.57. The Morgan fingerprint density at radius 2 is 2.14 bits per heavy atom. The molecule has 0 saturated heterocycles. The van der Waals surface area contributed by atoms with E-state index in [0.29, 0.717) is 0 Å². The fraction of sp³-hybridized carbons (Fsp3) is 0.636. The molecule has 3 nitrogen and oxygen atoms in total. The highest BCUT2D eigenvalue weighted by Gasteiger charge is 2.29. The molecule has 0 aliphatic carbocycles. The Hall–Kier alpha value is -0.800. The molecular weight excluding hydrogens is 178 g/mol. The lowest BCUT2D eigenvalue weighted by Gasteiger charge is -2.27. The molecule has 0 saturated carbocycles. The summed E-state index contributed by atoms with van der Waals surface area (Å²) >= 11 is 0. The van der Waals surface area contributed by atoms with Gasteiger partial charge in [0, 0.05) is 11.8 Å². The molecule has 0 aliphatic heterocycles. The van der Waals surface area contributed by atoms with Gasteiger partial charge in [0.25, 0.3) is 0 Å². The van der Waals surface area contributed by atoms with E-state index in [4.69, 9.17) is 15.3 Å². The number of nitrogens with two attached hydrogens (primary N) is 1. The van der Waals surface area contributed by atoms with Gasteiger partial charge in [0.2, 0.25) is 0 Å². The van der Waals surface area contributed by atoms with E-state index in [2.05, 4.69) is 0 Å². The average Bonchev–Trinajstić information content (AvgIpc) is 2.64. The van der Waals surface area contributed by atoms with Crippen molar-refractivity contribution in [3.8, 4) is 0 Å². The molecular formula is C11H19NO2. The number of hydrogen-bond donors (Lipinski definition) is 2. The topological polar surface area (TPSA) is 59.4 Å². The van der Waals surface area contributed by atoms with Crippen molar-refractivity contribution >= 4 is 0 Å². The Bertz CT molecular complexity index is 291. The smallest absolute Gasteiger partial charge is 0.121 e. The van der Waals surface area contributed by atoms with Crippen LogP contribution in [0.3, 0.4) is 0 Å². The van der Waals surface area contributed by atoms with Gasteiger partial charge in [0.05, 0.1) is 12.6 Å². The molecule has 0 spiro atoms. The molecule has 1 aromatic heterocycles. The Labute approximate surface area is 84.9 Å². The van der Waals surface area contributed by atoms with E-state index < -0.39 is 0 Å². The quantitative estimate of drug-likeness (QED) is 0.774. The lowest BCUT2D eigenvalue weighted by Crippen LogP contribution is -2.32. The molecule has 0 fully saturated rings. The van der Waals surface area contributed by atoms with Crippen LogP contribution >= 0.6 is 0 Å². The summed E-state index contributed by atoms with van der Waals surface area (Å²) in [5.41, 5.74) is 5.65. The molecule has 80 valence electrons. The van der Waals surface area contributed by atoms with Crippen molar-refractivity contribution in [3.63, 3.8) is 0 Å². The van der Waals surface area contributed by atoms with Gasteiger partial charge in [0.15, 0.2) is 0 Å². The van der Waals surface area contributed by atoms with Crippen molar-refractivity contribution in [3.05, 3.63) is 23.7 Å². The van der Waals surface area contributed by atoms with E-state index in [-0.39, 0.29) is 18.1 Å².